The third-order valence-electron chi connectivity index (χ3n) is 2.54. The number of ether oxygens (including phenoxy) is 1. The number of aliphatic hydroxyl groups is 1. The molecule has 82 valence electrons. The van der Waals surface area contributed by atoms with E-state index in [1.807, 2.05) is 12.1 Å². The zero-order valence-electron chi connectivity index (χ0n) is 8.53. The van der Waals surface area contributed by atoms with Crippen LogP contribution in [0.1, 0.15) is 19.3 Å². The van der Waals surface area contributed by atoms with Crippen LogP contribution < -0.4 is 4.74 Å². The summed E-state index contributed by atoms with van der Waals surface area (Å²) >= 11 is 5.81. The summed E-state index contributed by atoms with van der Waals surface area (Å²) in [5.41, 5.74) is 0. The first-order valence-corrected chi connectivity index (χ1v) is 5.68. The van der Waals surface area contributed by atoms with Gasteiger partial charge in [0.05, 0.1) is 6.10 Å². The summed E-state index contributed by atoms with van der Waals surface area (Å²) in [5, 5.41) is 10.3. The van der Waals surface area contributed by atoms with Gasteiger partial charge in [-0.3, -0.25) is 0 Å². The number of benzene rings is 1. The lowest BCUT2D eigenvalue weighted by Crippen LogP contribution is -2.17. The van der Waals surface area contributed by atoms with Gasteiger partial charge in [0.2, 0.25) is 0 Å². The fourth-order valence-electron chi connectivity index (χ4n) is 1.56. The van der Waals surface area contributed by atoms with Gasteiger partial charge in [0.15, 0.2) is 0 Å². The van der Waals surface area contributed by atoms with Crippen molar-refractivity contribution in [3.8, 4) is 5.75 Å². The van der Waals surface area contributed by atoms with E-state index in [2.05, 4.69) is 0 Å². The molecule has 1 aliphatic rings. The van der Waals surface area contributed by atoms with E-state index in [9.17, 15) is 5.11 Å². The highest BCUT2D eigenvalue weighted by molar-refractivity contribution is 6.30. The summed E-state index contributed by atoms with van der Waals surface area (Å²) in [6, 6.07) is 7.24. The molecule has 3 heteroatoms. The highest BCUT2D eigenvalue weighted by Crippen LogP contribution is 2.33. The van der Waals surface area contributed by atoms with Gasteiger partial charge in [0, 0.05) is 5.02 Å². The predicted octanol–water partition coefficient (Wildman–Crippen LogP) is 2.88. The highest BCUT2D eigenvalue weighted by atomic mass is 35.5. The third kappa shape index (κ3) is 3.73. The van der Waals surface area contributed by atoms with E-state index in [1.54, 1.807) is 12.1 Å². The second-order valence-electron chi connectivity index (χ2n) is 4.10. The number of hydrogen-bond donors (Lipinski definition) is 1. The van der Waals surface area contributed by atoms with Crippen molar-refractivity contribution in [3.05, 3.63) is 29.3 Å². The summed E-state index contributed by atoms with van der Waals surface area (Å²) in [6.45, 7) is 0.358. The second kappa shape index (κ2) is 4.86. The molecule has 1 unspecified atom stereocenters. The SMILES string of the molecule is OC(COc1cccc(Cl)c1)CC1CC1. The Kier molecular flexibility index (Phi) is 3.49. The molecule has 1 N–H and O–H groups in total. The van der Waals surface area contributed by atoms with Gasteiger partial charge >= 0.3 is 0 Å². The lowest BCUT2D eigenvalue weighted by atomic mass is 10.2. The van der Waals surface area contributed by atoms with Crippen molar-refractivity contribution in [2.45, 2.75) is 25.4 Å². The number of hydrogen-bond acceptors (Lipinski definition) is 2. The average Bonchev–Trinajstić information content (AvgIpc) is 2.99. The van der Waals surface area contributed by atoms with Crippen LogP contribution in [0.3, 0.4) is 0 Å². The molecule has 15 heavy (non-hydrogen) atoms. The van der Waals surface area contributed by atoms with Crippen molar-refractivity contribution < 1.29 is 9.84 Å². The number of rotatable bonds is 5. The van der Waals surface area contributed by atoms with Gasteiger partial charge in [-0.25, -0.2) is 0 Å². The predicted molar refractivity (Wildman–Crippen MR) is 60.3 cm³/mol. The molecule has 1 aliphatic carbocycles. The Bertz CT molecular complexity index is 323. The molecule has 1 aromatic rings. The molecule has 0 aromatic heterocycles. The quantitative estimate of drug-likeness (QED) is 0.837. The molecule has 0 heterocycles. The first-order valence-electron chi connectivity index (χ1n) is 5.30. The van der Waals surface area contributed by atoms with Crippen LogP contribution in [0.2, 0.25) is 5.02 Å². The minimum absolute atomic E-state index is 0.350. The van der Waals surface area contributed by atoms with E-state index in [4.69, 9.17) is 16.3 Å². The maximum Gasteiger partial charge on any atom is 0.120 e. The molecule has 1 aromatic carbocycles. The molecule has 0 radical (unpaired) electrons. The molecular formula is C12H15ClO2. The van der Waals surface area contributed by atoms with Crippen LogP contribution in [0.5, 0.6) is 5.75 Å². The minimum Gasteiger partial charge on any atom is -0.491 e. The Hall–Kier alpha value is -0.730. The summed E-state index contributed by atoms with van der Waals surface area (Å²) in [5.74, 6) is 1.44. The van der Waals surface area contributed by atoms with Gasteiger partial charge in [0.25, 0.3) is 0 Å². The van der Waals surface area contributed by atoms with Gasteiger partial charge < -0.3 is 9.84 Å². The average molecular weight is 227 g/mol. The molecule has 0 spiro atoms. The van der Waals surface area contributed by atoms with Crippen molar-refractivity contribution in [2.24, 2.45) is 5.92 Å². The topological polar surface area (TPSA) is 29.5 Å². The van der Waals surface area contributed by atoms with Gasteiger partial charge in [-0.2, -0.15) is 0 Å². The Balaban J connectivity index is 1.76. The van der Waals surface area contributed by atoms with Gasteiger partial charge in [-0.05, 0) is 30.5 Å². The number of halogens is 1. The van der Waals surface area contributed by atoms with E-state index in [0.717, 1.165) is 18.1 Å². The molecule has 0 aliphatic heterocycles. The molecule has 1 atom stereocenters. The maximum atomic E-state index is 9.63. The summed E-state index contributed by atoms with van der Waals surface area (Å²) in [7, 11) is 0. The molecule has 2 rings (SSSR count). The summed E-state index contributed by atoms with van der Waals surface area (Å²) in [6.07, 6.45) is 3.03. The van der Waals surface area contributed by atoms with E-state index in [1.165, 1.54) is 12.8 Å². The van der Waals surface area contributed by atoms with E-state index in [-0.39, 0.29) is 6.10 Å². The van der Waals surface area contributed by atoms with Gasteiger partial charge in [-0.15, -0.1) is 0 Å². The highest BCUT2D eigenvalue weighted by Gasteiger charge is 2.24. The number of aliphatic hydroxyl groups excluding tert-OH is 1. The van der Waals surface area contributed by atoms with E-state index in [0.29, 0.717) is 11.6 Å². The van der Waals surface area contributed by atoms with Crippen molar-refractivity contribution in [3.63, 3.8) is 0 Å². The van der Waals surface area contributed by atoms with E-state index < -0.39 is 0 Å². The van der Waals surface area contributed by atoms with Crippen LogP contribution in [-0.4, -0.2) is 17.8 Å². The van der Waals surface area contributed by atoms with Crippen LogP contribution in [0.25, 0.3) is 0 Å². The van der Waals surface area contributed by atoms with Crippen molar-refractivity contribution >= 4 is 11.6 Å². The molecular weight excluding hydrogens is 212 g/mol. The molecule has 2 nitrogen and oxygen atoms in total. The van der Waals surface area contributed by atoms with Crippen LogP contribution in [-0.2, 0) is 0 Å². The first kappa shape index (κ1) is 10.8. The monoisotopic (exact) mass is 226 g/mol. The molecule has 1 saturated carbocycles. The molecule has 0 amide bonds. The van der Waals surface area contributed by atoms with Crippen molar-refractivity contribution in [1.82, 2.24) is 0 Å². The van der Waals surface area contributed by atoms with Crippen LogP contribution in [0.15, 0.2) is 24.3 Å². The normalized spacial score (nSPS) is 17.5. The minimum atomic E-state index is -0.350. The third-order valence-corrected chi connectivity index (χ3v) is 2.78. The van der Waals surface area contributed by atoms with Crippen LogP contribution in [0.4, 0.5) is 0 Å². The van der Waals surface area contributed by atoms with E-state index >= 15 is 0 Å². The van der Waals surface area contributed by atoms with Crippen LogP contribution in [0, 0.1) is 5.92 Å². The van der Waals surface area contributed by atoms with Crippen LogP contribution >= 0.6 is 11.6 Å². The van der Waals surface area contributed by atoms with Crippen molar-refractivity contribution in [2.75, 3.05) is 6.61 Å². The van der Waals surface area contributed by atoms with Crippen molar-refractivity contribution in [1.29, 1.82) is 0 Å². The smallest absolute Gasteiger partial charge is 0.120 e. The standard InChI is InChI=1S/C12H15ClO2/c13-10-2-1-3-12(7-10)15-8-11(14)6-9-4-5-9/h1-3,7,9,11,14H,4-6,8H2. The zero-order valence-corrected chi connectivity index (χ0v) is 9.28. The Labute approximate surface area is 94.8 Å². The first-order chi connectivity index (χ1) is 7.24. The molecule has 0 saturated heterocycles. The molecule has 1 fully saturated rings. The fraction of sp³-hybridized carbons (Fsp3) is 0.500. The maximum absolute atomic E-state index is 9.63. The molecule has 0 bridgehead atoms. The fourth-order valence-corrected chi connectivity index (χ4v) is 1.74. The van der Waals surface area contributed by atoms with Gasteiger partial charge in [-0.1, -0.05) is 30.5 Å². The zero-order chi connectivity index (χ0) is 10.7. The Morgan fingerprint density at radius 1 is 1.47 bits per heavy atom. The Morgan fingerprint density at radius 3 is 2.93 bits per heavy atom. The second-order valence-corrected chi connectivity index (χ2v) is 4.54. The largest absolute Gasteiger partial charge is 0.491 e. The summed E-state index contributed by atoms with van der Waals surface area (Å²) < 4.78 is 5.44. The lowest BCUT2D eigenvalue weighted by Gasteiger charge is -2.11. The Morgan fingerprint density at radius 2 is 2.27 bits per heavy atom. The summed E-state index contributed by atoms with van der Waals surface area (Å²) in [4.78, 5) is 0. The lowest BCUT2D eigenvalue weighted by molar-refractivity contribution is 0.0952. The van der Waals surface area contributed by atoms with Gasteiger partial charge in [0.1, 0.15) is 12.4 Å².